The third kappa shape index (κ3) is 6.30. The number of hydrogen-bond donors (Lipinski definition) is 2. The Balaban J connectivity index is 1.22. The number of nitrogens with one attached hydrogen (secondary N) is 2. The molecule has 5 nitrogen and oxygen atoms in total. The summed E-state index contributed by atoms with van der Waals surface area (Å²) in [7, 11) is 0. The number of amides is 1. The molecule has 3 aromatic rings. The number of piperidine rings is 1. The lowest BCUT2D eigenvalue weighted by molar-refractivity contribution is -0.126. The largest absolute Gasteiger partial charge is 0.384 e. The topological polar surface area (TPSA) is 57.3 Å². The molecule has 2 aromatic carbocycles. The van der Waals surface area contributed by atoms with Crippen LogP contribution in [-0.2, 0) is 11.3 Å². The Morgan fingerprint density at radius 3 is 2.73 bits per heavy atom. The van der Waals surface area contributed by atoms with Crippen LogP contribution in [0.4, 0.5) is 5.69 Å². The van der Waals surface area contributed by atoms with Gasteiger partial charge in [0.1, 0.15) is 0 Å². The molecule has 0 radical (unpaired) electrons. The lowest BCUT2D eigenvalue weighted by atomic mass is 9.96. The first-order valence-electron chi connectivity index (χ1n) is 11.2. The molecule has 0 saturated carbocycles. The van der Waals surface area contributed by atoms with E-state index in [0.29, 0.717) is 28.2 Å². The summed E-state index contributed by atoms with van der Waals surface area (Å²) in [6.45, 7) is 3.71. The molecular formula is C25H27Cl3N4O. The maximum absolute atomic E-state index is 12.7. The second kappa shape index (κ2) is 11.4. The van der Waals surface area contributed by atoms with Crippen LogP contribution in [0.1, 0.15) is 24.8 Å². The number of pyridine rings is 1. The van der Waals surface area contributed by atoms with Crippen molar-refractivity contribution in [3.8, 4) is 0 Å². The fourth-order valence-corrected chi connectivity index (χ4v) is 4.95. The standard InChI is InChI=1S/C25H27Cl3N4O/c26-18-7-8-19-23(9-12-30-24(19)14-18)29-10-3-11-31-25(33)17-4-2-13-32(15-17)16-20-21(27)5-1-6-22(20)28/h1,5-9,12,14,17H,2-4,10-11,13,15-16H2,(H,29,30)(H,31,33)/t17-/m1/s1. The molecule has 174 valence electrons. The van der Waals surface area contributed by atoms with E-state index in [1.807, 2.05) is 42.5 Å². The van der Waals surface area contributed by atoms with Gasteiger partial charge in [-0.2, -0.15) is 0 Å². The van der Waals surface area contributed by atoms with E-state index < -0.39 is 0 Å². The Bertz CT molecular complexity index is 1100. The number of likely N-dealkylation sites (tertiary alicyclic amines) is 1. The zero-order valence-corrected chi connectivity index (χ0v) is 20.6. The Morgan fingerprint density at radius 2 is 1.91 bits per heavy atom. The average molecular weight is 506 g/mol. The summed E-state index contributed by atoms with van der Waals surface area (Å²) in [5.74, 6) is 0.107. The molecule has 8 heteroatoms. The Morgan fingerprint density at radius 1 is 1.09 bits per heavy atom. The van der Waals surface area contributed by atoms with E-state index in [-0.39, 0.29) is 11.8 Å². The Hall–Kier alpha value is -2.05. The highest BCUT2D eigenvalue weighted by molar-refractivity contribution is 6.36. The molecule has 1 aliphatic rings. The highest BCUT2D eigenvalue weighted by Gasteiger charge is 2.26. The number of nitrogens with zero attached hydrogens (tertiary/aromatic N) is 2. The van der Waals surface area contributed by atoms with Gasteiger partial charge in [-0.15, -0.1) is 0 Å². The van der Waals surface area contributed by atoms with Gasteiger partial charge in [0.15, 0.2) is 0 Å². The molecule has 0 unspecified atom stereocenters. The van der Waals surface area contributed by atoms with Gasteiger partial charge < -0.3 is 10.6 Å². The van der Waals surface area contributed by atoms with Gasteiger partial charge in [0.05, 0.1) is 11.4 Å². The molecule has 4 rings (SSSR count). The highest BCUT2D eigenvalue weighted by atomic mass is 35.5. The van der Waals surface area contributed by atoms with Gasteiger partial charge in [0, 0.05) is 64.1 Å². The van der Waals surface area contributed by atoms with E-state index in [4.69, 9.17) is 34.8 Å². The van der Waals surface area contributed by atoms with Crippen LogP contribution < -0.4 is 10.6 Å². The normalized spacial score (nSPS) is 16.6. The highest BCUT2D eigenvalue weighted by Crippen LogP contribution is 2.28. The lowest BCUT2D eigenvalue weighted by Gasteiger charge is -2.32. The summed E-state index contributed by atoms with van der Waals surface area (Å²) in [6, 6.07) is 13.2. The first kappa shape index (κ1) is 24.1. The number of halogens is 3. The summed E-state index contributed by atoms with van der Waals surface area (Å²) in [6.07, 6.45) is 4.49. The molecule has 1 fully saturated rings. The van der Waals surface area contributed by atoms with Crippen LogP contribution in [0.15, 0.2) is 48.7 Å². The van der Waals surface area contributed by atoms with Crippen molar-refractivity contribution in [2.24, 2.45) is 5.92 Å². The van der Waals surface area contributed by atoms with Crippen LogP contribution in [0.2, 0.25) is 15.1 Å². The summed E-state index contributed by atoms with van der Waals surface area (Å²) in [5.41, 5.74) is 2.81. The number of fused-ring (bicyclic) bond motifs is 1. The van der Waals surface area contributed by atoms with Crippen molar-refractivity contribution in [3.63, 3.8) is 0 Å². The number of aromatic nitrogens is 1. The van der Waals surface area contributed by atoms with Crippen molar-refractivity contribution in [1.29, 1.82) is 0 Å². The fraction of sp³-hybridized carbons (Fsp3) is 0.360. The van der Waals surface area contributed by atoms with E-state index in [2.05, 4.69) is 20.5 Å². The molecule has 2 N–H and O–H groups in total. The monoisotopic (exact) mass is 504 g/mol. The van der Waals surface area contributed by atoms with E-state index in [1.165, 1.54) is 0 Å². The molecule has 33 heavy (non-hydrogen) atoms. The molecule has 1 aromatic heterocycles. The number of anilines is 1. The molecule has 1 aliphatic heterocycles. The third-order valence-electron chi connectivity index (χ3n) is 5.99. The van der Waals surface area contributed by atoms with Crippen LogP contribution in [0, 0.1) is 5.92 Å². The predicted molar refractivity (Wildman–Crippen MR) is 137 cm³/mol. The quantitative estimate of drug-likeness (QED) is 0.367. The Kier molecular flexibility index (Phi) is 8.31. The number of carbonyl (C=O) groups is 1. The zero-order valence-electron chi connectivity index (χ0n) is 18.3. The predicted octanol–water partition coefficient (Wildman–Crippen LogP) is 6.03. The molecule has 0 spiro atoms. The minimum Gasteiger partial charge on any atom is -0.384 e. The summed E-state index contributed by atoms with van der Waals surface area (Å²) in [4.78, 5) is 19.4. The van der Waals surface area contributed by atoms with E-state index in [9.17, 15) is 4.79 Å². The van der Waals surface area contributed by atoms with Crippen molar-refractivity contribution in [2.75, 3.05) is 31.5 Å². The van der Waals surface area contributed by atoms with Crippen LogP contribution >= 0.6 is 34.8 Å². The summed E-state index contributed by atoms with van der Waals surface area (Å²) < 4.78 is 0. The number of benzene rings is 2. The van der Waals surface area contributed by atoms with Gasteiger partial charge in [-0.05, 0) is 62.2 Å². The number of rotatable bonds is 8. The maximum atomic E-state index is 12.7. The van der Waals surface area contributed by atoms with Crippen molar-refractivity contribution < 1.29 is 4.79 Å². The van der Waals surface area contributed by atoms with Gasteiger partial charge in [-0.25, -0.2) is 0 Å². The van der Waals surface area contributed by atoms with Gasteiger partial charge in [0.25, 0.3) is 0 Å². The lowest BCUT2D eigenvalue weighted by Crippen LogP contribution is -2.43. The van der Waals surface area contributed by atoms with Crippen LogP contribution in [0.25, 0.3) is 10.9 Å². The van der Waals surface area contributed by atoms with Crippen LogP contribution in [0.5, 0.6) is 0 Å². The first-order valence-corrected chi connectivity index (χ1v) is 12.4. The number of carbonyl (C=O) groups excluding carboxylic acids is 1. The molecule has 1 saturated heterocycles. The smallest absolute Gasteiger partial charge is 0.224 e. The molecule has 2 heterocycles. The second-order valence-corrected chi connectivity index (χ2v) is 9.62. The molecule has 0 aliphatic carbocycles. The Labute approximate surface area is 209 Å². The van der Waals surface area contributed by atoms with Crippen molar-refractivity contribution >= 4 is 57.3 Å². The van der Waals surface area contributed by atoms with E-state index in [0.717, 1.165) is 61.1 Å². The van der Waals surface area contributed by atoms with E-state index in [1.54, 1.807) is 6.20 Å². The molecule has 1 atom stereocenters. The zero-order chi connectivity index (χ0) is 23.2. The molecule has 1 amide bonds. The van der Waals surface area contributed by atoms with Crippen LogP contribution in [0.3, 0.4) is 0 Å². The third-order valence-corrected chi connectivity index (χ3v) is 6.94. The summed E-state index contributed by atoms with van der Waals surface area (Å²) in [5, 5.41) is 9.59. The van der Waals surface area contributed by atoms with Crippen molar-refractivity contribution in [3.05, 3.63) is 69.3 Å². The average Bonchev–Trinajstić information content (AvgIpc) is 2.81. The van der Waals surface area contributed by atoms with Crippen LogP contribution in [-0.4, -0.2) is 42.0 Å². The minimum atomic E-state index is -0.0122. The second-order valence-electron chi connectivity index (χ2n) is 8.37. The van der Waals surface area contributed by atoms with Crippen molar-refractivity contribution in [2.45, 2.75) is 25.8 Å². The minimum absolute atomic E-state index is 0.0122. The van der Waals surface area contributed by atoms with Crippen molar-refractivity contribution in [1.82, 2.24) is 15.2 Å². The molecule has 0 bridgehead atoms. The maximum Gasteiger partial charge on any atom is 0.224 e. The van der Waals surface area contributed by atoms with Gasteiger partial charge in [0.2, 0.25) is 5.91 Å². The summed E-state index contributed by atoms with van der Waals surface area (Å²) >= 11 is 18.7. The van der Waals surface area contributed by atoms with Gasteiger partial charge in [-0.1, -0.05) is 40.9 Å². The SMILES string of the molecule is O=C(NCCCNc1ccnc2cc(Cl)ccc12)[C@@H]1CCCN(Cc2c(Cl)cccc2Cl)C1. The van der Waals surface area contributed by atoms with Gasteiger partial charge >= 0.3 is 0 Å². The van der Waals surface area contributed by atoms with E-state index >= 15 is 0 Å². The fourth-order valence-electron chi connectivity index (χ4n) is 4.26. The van der Waals surface area contributed by atoms with Gasteiger partial charge in [-0.3, -0.25) is 14.7 Å². The first-order chi connectivity index (χ1) is 16.0. The molecular weight excluding hydrogens is 479 g/mol. The number of hydrogen-bond acceptors (Lipinski definition) is 4.